The molecule has 1 amide bonds. The Balaban J connectivity index is 1.81. The highest BCUT2D eigenvalue weighted by atomic mass is 79.9. The minimum absolute atomic E-state index is 0.150. The number of aromatic amines is 1. The monoisotopic (exact) mass is 359 g/mol. The Morgan fingerprint density at radius 1 is 1.27 bits per heavy atom. The van der Waals surface area contributed by atoms with Gasteiger partial charge in [-0.3, -0.25) is 4.79 Å². The van der Waals surface area contributed by atoms with Crippen LogP contribution in [0.4, 0.5) is 5.69 Å². The first kappa shape index (κ1) is 14.7. The van der Waals surface area contributed by atoms with E-state index >= 15 is 0 Å². The lowest BCUT2D eigenvalue weighted by Crippen LogP contribution is -2.11. The van der Waals surface area contributed by atoms with Gasteiger partial charge in [0.15, 0.2) is 0 Å². The fraction of sp³-hybridized carbons (Fsp3) is 0.125. The maximum absolute atomic E-state index is 12.2. The molecule has 0 fully saturated rings. The number of nitrogens with one attached hydrogen (secondary N) is 2. The molecule has 0 saturated heterocycles. The topological polar surface area (TPSA) is 67.0 Å². The van der Waals surface area contributed by atoms with Crippen LogP contribution in [0.3, 0.4) is 0 Å². The predicted molar refractivity (Wildman–Crippen MR) is 88.9 cm³/mol. The number of H-pyrrole nitrogens is 1. The first-order valence-electron chi connectivity index (χ1n) is 6.70. The summed E-state index contributed by atoms with van der Waals surface area (Å²) in [7, 11) is 1.62. The van der Waals surface area contributed by atoms with Crippen molar-refractivity contribution in [3.63, 3.8) is 0 Å². The molecule has 1 heterocycles. The van der Waals surface area contributed by atoms with Gasteiger partial charge in [0, 0.05) is 22.8 Å². The summed E-state index contributed by atoms with van der Waals surface area (Å²) in [5.41, 5.74) is 3.02. The van der Waals surface area contributed by atoms with Crippen LogP contribution < -0.4 is 5.32 Å². The minimum Gasteiger partial charge on any atom is -0.377 e. The summed E-state index contributed by atoms with van der Waals surface area (Å²) in [6.45, 7) is 0.426. The second-order valence-electron chi connectivity index (χ2n) is 4.81. The molecule has 5 nitrogen and oxygen atoms in total. The third kappa shape index (κ3) is 3.18. The highest BCUT2D eigenvalue weighted by molar-refractivity contribution is 9.10. The largest absolute Gasteiger partial charge is 0.377 e. The first-order chi connectivity index (χ1) is 10.7. The summed E-state index contributed by atoms with van der Waals surface area (Å²) >= 11 is 3.35. The van der Waals surface area contributed by atoms with E-state index in [-0.39, 0.29) is 5.91 Å². The summed E-state index contributed by atoms with van der Waals surface area (Å²) in [5.74, 6) is 0.609. The van der Waals surface area contributed by atoms with Gasteiger partial charge in [-0.05, 0) is 42.5 Å². The molecule has 1 aromatic heterocycles. The van der Waals surface area contributed by atoms with Crippen LogP contribution in [0.5, 0.6) is 0 Å². The molecule has 0 unspecified atom stereocenters. The van der Waals surface area contributed by atoms with Crippen molar-refractivity contribution in [1.29, 1.82) is 0 Å². The van der Waals surface area contributed by atoms with Gasteiger partial charge in [0.05, 0.1) is 11.0 Å². The van der Waals surface area contributed by atoms with Crippen molar-refractivity contribution in [2.75, 3.05) is 12.4 Å². The molecule has 3 rings (SSSR count). The summed E-state index contributed by atoms with van der Waals surface area (Å²) < 4.78 is 5.99. The average molecular weight is 360 g/mol. The quantitative estimate of drug-likeness (QED) is 0.745. The Morgan fingerprint density at radius 2 is 2.05 bits per heavy atom. The van der Waals surface area contributed by atoms with Gasteiger partial charge < -0.3 is 15.0 Å². The normalized spacial score (nSPS) is 10.8. The third-order valence-corrected chi connectivity index (χ3v) is 3.70. The fourth-order valence-corrected chi connectivity index (χ4v) is 2.41. The number of carbonyl (C=O) groups is 1. The Kier molecular flexibility index (Phi) is 4.22. The number of fused-ring (bicyclic) bond motifs is 1. The maximum Gasteiger partial charge on any atom is 0.255 e. The smallest absolute Gasteiger partial charge is 0.255 e. The van der Waals surface area contributed by atoms with E-state index < -0.39 is 0 Å². The van der Waals surface area contributed by atoms with Crippen molar-refractivity contribution in [3.05, 3.63) is 58.3 Å². The third-order valence-electron chi connectivity index (χ3n) is 3.18. The molecule has 0 aliphatic rings. The van der Waals surface area contributed by atoms with E-state index in [9.17, 15) is 4.79 Å². The van der Waals surface area contributed by atoms with Gasteiger partial charge in [0.2, 0.25) is 0 Å². The van der Waals surface area contributed by atoms with E-state index in [1.165, 1.54) is 0 Å². The summed E-state index contributed by atoms with van der Waals surface area (Å²) in [6.07, 6.45) is 0. The van der Waals surface area contributed by atoms with E-state index in [1.54, 1.807) is 19.2 Å². The van der Waals surface area contributed by atoms with Crippen LogP contribution in [0.1, 0.15) is 16.2 Å². The highest BCUT2D eigenvalue weighted by Gasteiger charge is 2.08. The number of amides is 1. The van der Waals surface area contributed by atoms with E-state index in [1.807, 2.05) is 30.3 Å². The number of ether oxygens (including phenoxy) is 1. The molecule has 2 aromatic carbocycles. The molecule has 0 aliphatic heterocycles. The van der Waals surface area contributed by atoms with Gasteiger partial charge in [0.25, 0.3) is 5.91 Å². The minimum atomic E-state index is -0.150. The molecule has 22 heavy (non-hydrogen) atoms. The summed E-state index contributed by atoms with van der Waals surface area (Å²) in [5, 5.41) is 2.88. The second kappa shape index (κ2) is 6.29. The van der Waals surface area contributed by atoms with Crippen molar-refractivity contribution < 1.29 is 9.53 Å². The molecule has 0 bridgehead atoms. The van der Waals surface area contributed by atoms with Gasteiger partial charge in [-0.2, -0.15) is 0 Å². The highest BCUT2D eigenvalue weighted by Crippen LogP contribution is 2.19. The number of anilines is 1. The lowest BCUT2D eigenvalue weighted by molar-refractivity contribution is 0.102. The van der Waals surface area contributed by atoms with Crippen molar-refractivity contribution in [2.45, 2.75) is 6.61 Å². The standard InChI is InChI=1S/C16H14BrN3O2/c1-22-9-15-19-13-7-6-12(8-14(13)20-15)18-16(21)10-2-4-11(17)5-3-10/h2-8H,9H2,1H3,(H,18,21)(H,19,20). The van der Waals surface area contributed by atoms with Crippen molar-refractivity contribution in [2.24, 2.45) is 0 Å². The Hall–Kier alpha value is -2.18. The number of benzene rings is 2. The predicted octanol–water partition coefficient (Wildman–Crippen LogP) is 3.72. The zero-order chi connectivity index (χ0) is 15.5. The molecule has 0 radical (unpaired) electrons. The zero-order valence-electron chi connectivity index (χ0n) is 11.9. The van der Waals surface area contributed by atoms with Gasteiger partial charge in [0.1, 0.15) is 12.4 Å². The number of methoxy groups -OCH3 is 1. The van der Waals surface area contributed by atoms with Crippen LogP contribution in [-0.4, -0.2) is 23.0 Å². The van der Waals surface area contributed by atoms with Crippen LogP contribution >= 0.6 is 15.9 Å². The molecule has 0 aliphatic carbocycles. The average Bonchev–Trinajstić information content (AvgIpc) is 2.90. The van der Waals surface area contributed by atoms with Crippen LogP contribution in [-0.2, 0) is 11.3 Å². The van der Waals surface area contributed by atoms with Crippen molar-refractivity contribution in [3.8, 4) is 0 Å². The number of aromatic nitrogens is 2. The molecule has 3 aromatic rings. The second-order valence-corrected chi connectivity index (χ2v) is 5.73. The molecular weight excluding hydrogens is 346 g/mol. The molecule has 112 valence electrons. The van der Waals surface area contributed by atoms with Crippen LogP contribution in [0.25, 0.3) is 11.0 Å². The number of carbonyl (C=O) groups excluding carboxylic acids is 1. The maximum atomic E-state index is 12.2. The Labute approximate surface area is 135 Å². The van der Waals surface area contributed by atoms with E-state index in [0.29, 0.717) is 17.9 Å². The van der Waals surface area contributed by atoms with Crippen LogP contribution in [0, 0.1) is 0 Å². The van der Waals surface area contributed by atoms with E-state index in [2.05, 4.69) is 31.2 Å². The number of hydrogen-bond acceptors (Lipinski definition) is 3. The Morgan fingerprint density at radius 3 is 2.77 bits per heavy atom. The summed E-state index contributed by atoms with van der Waals surface area (Å²) in [4.78, 5) is 19.8. The molecule has 0 atom stereocenters. The SMILES string of the molecule is COCc1nc2ccc(NC(=O)c3ccc(Br)cc3)cc2[nH]1. The molecule has 0 spiro atoms. The van der Waals surface area contributed by atoms with E-state index in [4.69, 9.17) is 4.74 Å². The number of halogens is 1. The number of hydrogen-bond donors (Lipinski definition) is 2. The number of imidazole rings is 1. The van der Waals surface area contributed by atoms with E-state index in [0.717, 1.165) is 21.3 Å². The fourth-order valence-electron chi connectivity index (χ4n) is 2.15. The van der Waals surface area contributed by atoms with Crippen LogP contribution in [0.2, 0.25) is 0 Å². The van der Waals surface area contributed by atoms with Gasteiger partial charge in [-0.25, -0.2) is 4.98 Å². The summed E-state index contributed by atoms with van der Waals surface area (Å²) in [6, 6.07) is 12.8. The lowest BCUT2D eigenvalue weighted by Gasteiger charge is -2.05. The Bertz CT molecular complexity index is 812. The first-order valence-corrected chi connectivity index (χ1v) is 7.49. The number of rotatable bonds is 4. The van der Waals surface area contributed by atoms with Crippen molar-refractivity contribution >= 4 is 38.6 Å². The zero-order valence-corrected chi connectivity index (χ0v) is 13.5. The van der Waals surface area contributed by atoms with Gasteiger partial charge in [-0.1, -0.05) is 15.9 Å². The molecule has 2 N–H and O–H groups in total. The number of nitrogens with zero attached hydrogens (tertiary/aromatic N) is 1. The lowest BCUT2D eigenvalue weighted by atomic mass is 10.2. The molecule has 0 saturated carbocycles. The van der Waals surface area contributed by atoms with Crippen molar-refractivity contribution in [1.82, 2.24) is 9.97 Å². The van der Waals surface area contributed by atoms with Crippen LogP contribution in [0.15, 0.2) is 46.9 Å². The van der Waals surface area contributed by atoms with Gasteiger partial charge >= 0.3 is 0 Å². The molecule has 6 heteroatoms. The van der Waals surface area contributed by atoms with Gasteiger partial charge in [-0.15, -0.1) is 0 Å². The molecular formula is C16H14BrN3O2.